The number of methoxy groups -OCH3 is 1. The summed E-state index contributed by atoms with van der Waals surface area (Å²) in [6.07, 6.45) is 5.98. The molecule has 1 aliphatic rings. The van der Waals surface area contributed by atoms with E-state index in [4.69, 9.17) is 4.74 Å². The maximum absolute atomic E-state index is 15.1. The summed E-state index contributed by atoms with van der Waals surface area (Å²) in [5.41, 5.74) is -1.65. The normalized spacial score (nSPS) is 17.1. The number of carbonyl (C=O) groups is 2. The number of carbonyl (C=O) groups excluding carboxylic acids is 2. The average Bonchev–Trinajstić information content (AvgIpc) is 3.67. The predicted molar refractivity (Wildman–Crippen MR) is 169 cm³/mol. The number of ketones is 1. The van der Waals surface area contributed by atoms with E-state index in [-0.39, 0.29) is 45.7 Å². The van der Waals surface area contributed by atoms with Crippen molar-refractivity contribution >= 4 is 34.1 Å². The highest BCUT2D eigenvalue weighted by Gasteiger charge is 2.35. The molecule has 1 fully saturated rings. The first-order valence-electron chi connectivity index (χ1n) is 15.2. The lowest BCUT2D eigenvalue weighted by molar-refractivity contribution is -0.137. The van der Waals surface area contributed by atoms with Crippen molar-refractivity contribution in [3.05, 3.63) is 95.7 Å². The number of nitrogens with one attached hydrogen (secondary N) is 2. The lowest BCUT2D eigenvalue weighted by Crippen LogP contribution is -2.35. The molecule has 1 aliphatic carbocycles. The highest BCUT2D eigenvalue weighted by Crippen LogP contribution is 2.40. The summed E-state index contributed by atoms with van der Waals surface area (Å²) in [6.45, 7) is 0.393. The molecule has 48 heavy (non-hydrogen) atoms. The van der Waals surface area contributed by atoms with Crippen LogP contribution in [0.2, 0.25) is 0 Å². The van der Waals surface area contributed by atoms with Gasteiger partial charge in [-0.1, -0.05) is 6.08 Å². The first kappa shape index (κ1) is 33.0. The van der Waals surface area contributed by atoms with Gasteiger partial charge in [-0.15, -0.1) is 0 Å². The second kappa shape index (κ2) is 13.3. The number of hydrogen-bond donors (Lipinski definition) is 2. The Morgan fingerprint density at radius 3 is 2.46 bits per heavy atom. The van der Waals surface area contributed by atoms with Gasteiger partial charge in [0.25, 0.3) is 0 Å². The van der Waals surface area contributed by atoms with Crippen molar-refractivity contribution in [3.8, 4) is 11.1 Å². The molecule has 0 bridgehead atoms. The van der Waals surface area contributed by atoms with Crippen LogP contribution in [0.4, 0.5) is 27.6 Å². The van der Waals surface area contributed by atoms with Gasteiger partial charge in [0.15, 0.2) is 0 Å². The molecule has 1 amide bonds. The summed E-state index contributed by atoms with van der Waals surface area (Å²) in [5.74, 6) is -3.95. The van der Waals surface area contributed by atoms with E-state index in [0.717, 1.165) is 56.2 Å². The van der Waals surface area contributed by atoms with Crippen LogP contribution in [-0.2, 0) is 22.8 Å². The molecule has 14 heteroatoms. The number of anilines is 1. The van der Waals surface area contributed by atoms with E-state index < -0.39 is 40.8 Å². The zero-order valence-electron chi connectivity index (χ0n) is 25.9. The monoisotopic (exact) mass is 666 g/mol. The van der Waals surface area contributed by atoms with Crippen molar-refractivity contribution in [1.29, 1.82) is 0 Å². The quantitative estimate of drug-likeness (QED) is 0.106. The number of aryl methyl sites for hydroxylation is 1. The second-order valence-electron chi connectivity index (χ2n) is 11.7. The van der Waals surface area contributed by atoms with E-state index in [2.05, 4.69) is 20.6 Å². The van der Waals surface area contributed by atoms with Crippen LogP contribution in [-0.4, -0.2) is 56.4 Å². The van der Waals surface area contributed by atoms with Gasteiger partial charge in [0.2, 0.25) is 11.7 Å². The van der Waals surface area contributed by atoms with E-state index in [1.165, 1.54) is 39.7 Å². The predicted octanol–water partition coefficient (Wildman–Crippen LogP) is 6.46. The fraction of sp³-hybridized carbons (Fsp3) is 0.294. The molecule has 0 spiro atoms. The third-order valence-electron chi connectivity index (χ3n) is 8.58. The summed E-state index contributed by atoms with van der Waals surface area (Å²) >= 11 is 0. The number of halogens is 5. The van der Waals surface area contributed by atoms with Crippen molar-refractivity contribution in [1.82, 2.24) is 24.3 Å². The number of hydrogen-bond acceptors (Lipinski definition) is 6. The molecule has 2 N–H and O–H groups in total. The van der Waals surface area contributed by atoms with Crippen LogP contribution in [0.15, 0.2) is 67.3 Å². The van der Waals surface area contributed by atoms with Crippen LogP contribution in [0, 0.1) is 11.6 Å². The van der Waals surface area contributed by atoms with Gasteiger partial charge < -0.3 is 19.9 Å². The van der Waals surface area contributed by atoms with E-state index >= 15 is 8.78 Å². The topological polar surface area (TPSA) is 103 Å². The van der Waals surface area contributed by atoms with Crippen LogP contribution >= 0.6 is 0 Å². The van der Waals surface area contributed by atoms with Crippen molar-refractivity contribution < 1.29 is 36.3 Å². The van der Waals surface area contributed by atoms with Gasteiger partial charge in [0, 0.05) is 50.1 Å². The number of aromatic nitrogens is 4. The molecule has 0 unspecified atom stereocenters. The molecule has 0 saturated heterocycles. The van der Waals surface area contributed by atoms with E-state index in [1.807, 2.05) is 0 Å². The molecular weight excluding hydrogens is 635 g/mol. The molecule has 6 rings (SSSR count). The molecule has 1 saturated carbocycles. The van der Waals surface area contributed by atoms with E-state index in [9.17, 15) is 22.8 Å². The Bertz CT molecular complexity index is 2020. The van der Waals surface area contributed by atoms with Crippen molar-refractivity contribution in [3.63, 3.8) is 0 Å². The minimum Gasteiger partial charge on any atom is -0.381 e. The molecule has 5 aromatic rings. The van der Waals surface area contributed by atoms with Gasteiger partial charge in [-0.2, -0.15) is 13.2 Å². The first-order valence-corrected chi connectivity index (χ1v) is 15.2. The summed E-state index contributed by atoms with van der Waals surface area (Å²) in [4.78, 5) is 34.2. The largest absolute Gasteiger partial charge is 0.417 e. The molecular formula is C34H31F5N6O3. The maximum atomic E-state index is 15.1. The maximum Gasteiger partial charge on any atom is 0.417 e. The molecule has 3 heterocycles. The number of rotatable bonds is 9. The number of amides is 1. The summed E-state index contributed by atoms with van der Waals surface area (Å²) in [6, 6.07) is 7.04. The van der Waals surface area contributed by atoms with Crippen molar-refractivity contribution in [2.45, 2.75) is 44.0 Å². The molecule has 3 aromatic heterocycles. The second-order valence-corrected chi connectivity index (χ2v) is 11.7. The highest BCUT2D eigenvalue weighted by molar-refractivity contribution is 6.09. The number of pyridine rings is 1. The van der Waals surface area contributed by atoms with Gasteiger partial charge in [0.1, 0.15) is 28.7 Å². The van der Waals surface area contributed by atoms with Crippen molar-refractivity contribution in [2.75, 3.05) is 19.0 Å². The first-order chi connectivity index (χ1) is 22.9. The van der Waals surface area contributed by atoms with Gasteiger partial charge in [0.05, 0.1) is 35.2 Å². The summed E-state index contributed by atoms with van der Waals surface area (Å²) in [7, 11) is 3.28. The Labute approximate surface area is 271 Å². The Balaban J connectivity index is 1.20. The Morgan fingerprint density at radius 2 is 1.77 bits per heavy atom. The minimum atomic E-state index is -4.71. The Morgan fingerprint density at radius 1 is 1.04 bits per heavy atom. The number of imidazole rings is 2. The molecule has 2 aromatic carbocycles. The number of fused-ring (bicyclic) bond motifs is 2. The number of alkyl halides is 3. The van der Waals surface area contributed by atoms with E-state index in [0.29, 0.717) is 12.1 Å². The van der Waals surface area contributed by atoms with Gasteiger partial charge in [-0.3, -0.25) is 14.0 Å². The standard InChI is InChI=1S/C34H31F5N6O3/c1-44-18-42-27-15-23(24(16-28(27)44)34(37,38)39)22-5-4-12-45-29(17-41-33(22)45)32(47)19-13-25(35)31(26(36)14-19)43-30(46)6-3-11-40-20-7-9-21(48-2)10-8-20/h3-6,12-18,20-21,40H,7-11H2,1-2H3,(H,43,46)/b6-3+/t20-,21-. The SMILES string of the molecule is CO[C@H]1CC[C@H](NC/C=C/C(=O)Nc2c(F)cc(C(=O)c3cnc4c(-c5cc6ncn(C)c6cc5C(F)(F)F)cccn34)cc2F)CC1. The summed E-state index contributed by atoms with van der Waals surface area (Å²) in [5, 5.41) is 5.49. The molecule has 0 radical (unpaired) electrons. The Hall–Kier alpha value is -4.95. The zero-order chi connectivity index (χ0) is 34.2. The van der Waals surface area contributed by atoms with Crippen LogP contribution in [0.1, 0.15) is 47.3 Å². The smallest absolute Gasteiger partial charge is 0.381 e. The summed E-state index contributed by atoms with van der Waals surface area (Å²) < 4.78 is 80.8. The third-order valence-corrected chi connectivity index (χ3v) is 8.58. The number of benzene rings is 2. The third kappa shape index (κ3) is 6.58. The van der Waals surface area contributed by atoms with E-state index in [1.54, 1.807) is 20.2 Å². The van der Waals surface area contributed by atoms with Gasteiger partial charge in [-0.05, 0) is 67.6 Å². The zero-order valence-corrected chi connectivity index (χ0v) is 25.9. The lowest BCUT2D eigenvalue weighted by atomic mass is 9.93. The molecule has 9 nitrogen and oxygen atoms in total. The minimum absolute atomic E-state index is 0.0235. The fourth-order valence-corrected chi connectivity index (χ4v) is 6.06. The van der Waals surface area contributed by atoms with Crippen LogP contribution in [0.25, 0.3) is 27.8 Å². The molecule has 0 aliphatic heterocycles. The Kier molecular flexibility index (Phi) is 9.12. The number of ether oxygens (including phenoxy) is 1. The van der Waals surface area contributed by atoms with Crippen LogP contribution < -0.4 is 10.6 Å². The fourth-order valence-electron chi connectivity index (χ4n) is 6.06. The number of nitrogens with zero attached hydrogens (tertiary/aromatic N) is 4. The molecule has 250 valence electrons. The highest BCUT2D eigenvalue weighted by atomic mass is 19.4. The molecule has 0 atom stereocenters. The van der Waals surface area contributed by atoms with Crippen LogP contribution in [0.3, 0.4) is 0 Å². The van der Waals surface area contributed by atoms with Gasteiger partial charge >= 0.3 is 6.18 Å². The average molecular weight is 667 g/mol. The van der Waals surface area contributed by atoms with Crippen molar-refractivity contribution in [2.24, 2.45) is 7.05 Å². The van der Waals surface area contributed by atoms with Gasteiger partial charge in [-0.25, -0.2) is 18.7 Å². The lowest BCUT2D eigenvalue weighted by Gasteiger charge is -2.27. The van der Waals surface area contributed by atoms with Crippen LogP contribution in [0.5, 0.6) is 0 Å².